The number of imidazole rings is 1. The topological polar surface area (TPSA) is 368 Å². The van der Waals surface area contributed by atoms with Crippen LogP contribution in [0.4, 0.5) is 0 Å². The summed E-state index contributed by atoms with van der Waals surface area (Å²) in [5, 5.41) is 51.0. The summed E-state index contributed by atoms with van der Waals surface area (Å²) in [5.74, 6) is -8.96. The monoisotopic (exact) mass is 867 g/mol. The standard InChI is InChI=1S/C37H61N11O13/c1-16(2)29(53)41-19(5)32(56)48-28(22(8)50)37(61)46-25(13-23-14-39-15-40-23)35(59)45-24(11-10-12-26(51)52)34(58)44-18(4)31(55)42-17(3)30(54)43-20(6)33(57)47-27(21(7)49)36(60)38-9/h14-22,24-25,27-28,49-50H,10-13H2,1-9H3,(H,38,60)(H,39,40)(H,41,53)(H,42,55)(H,43,54)(H,44,58)(H,45,59)(H,46,61)(H,47,57)(H,48,56)(H,51,52)/t17-,18-,19-,20-,21+,22+,24-,25-,27-,28-/m1/s1. The molecule has 10 atom stereocenters. The minimum Gasteiger partial charge on any atom is -0.481 e. The first-order valence-corrected chi connectivity index (χ1v) is 19.6. The zero-order valence-corrected chi connectivity index (χ0v) is 35.7. The second kappa shape index (κ2) is 25.5. The minimum absolute atomic E-state index is 0.114. The van der Waals surface area contributed by atoms with Crippen molar-refractivity contribution < 1.29 is 63.3 Å². The van der Waals surface area contributed by atoms with Gasteiger partial charge in [-0.05, 0) is 54.4 Å². The molecule has 0 bridgehead atoms. The van der Waals surface area contributed by atoms with E-state index in [0.29, 0.717) is 5.69 Å². The number of carboxylic acids is 1. The number of amides is 9. The molecule has 13 N–H and O–H groups in total. The molecule has 0 spiro atoms. The number of nitrogens with one attached hydrogen (secondary N) is 10. The number of hydrogen-bond donors (Lipinski definition) is 13. The second-order valence-corrected chi connectivity index (χ2v) is 14.8. The van der Waals surface area contributed by atoms with Crippen LogP contribution >= 0.6 is 0 Å². The first kappa shape index (κ1) is 52.8. The van der Waals surface area contributed by atoms with Gasteiger partial charge in [0.2, 0.25) is 53.2 Å². The molecule has 0 aliphatic rings. The first-order valence-electron chi connectivity index (χ1n) is 19.6. The fraction of sp³-hybridized carbons (Fsp3) is 0.649. The van der Waals surface area contributed by atoms with Crippen molar-refractivity contribution in [1.82, 2.24) is 57.8 Å². The Bertz CT molecular complexity index is 1700. The Morgan fingerprint density at radius 1 is 0.557 bits per heavy atom. The lowest BCUT2D eigenvalue weighted by molar-refractivity contribution is -0.138. The molecule has 24 heteroatoms. The van der Waals surface area contributed by atoms with Crippen LogP contribution < -0.4 is 47.9 Å². The van der Waals surface area contributed by atoms with E-state index in [4.69, 9.17) is 0 Å². The highest BCUT2D eigenvalue weighted by Gasteiger charge is 2.34. The lowest BCUT2D eigenvalue weighted by Crippen LogP contribution is -2.61. The molecule has 1 aromatic heterocycles. The number of H-pyrrole nitrogens is 1. The molecule has 24 nitrogen and oxygen atoms in total. The summed E-state index contributed by atoms with van der Waals surface area (Å²) in [7, 11) is 1.31. The normalized spacial score (nSPS) is 15.9. The predicted molar refractivity (Wildman–Crippen MR) is 214 cm³/mol. The number of hydrogen-bond acceptors (Lipinski definition) is 13. The van der Waals surface area contributed by atoms with Gasteiger partial charge in [0.25, 0.3) is 0 Å². The van der Waals surface area contributed by atoms with E-state index in [9.17, 15) is 63.3 Å². The van der Waals surface area contributed by atoms with E-state index in [2.05, 4.69) is 57.8 Å². The van der Waals surface area contributed by atoms with Crippen LogP contribution in [0.2, 0.25) is 0 Å². The SMILES string of the molecule is CNC(=O)[C@H](NC(=O)[C@@H](C)NC(=O)[C@@H](C)NC(=O)[C@@H](C)NC(=O)[C@@H](CCCC(=O)O)NC(=O)[C@@H](Cc1cnc[nH]1)NC(=O)[C@H](NC(=O)[C@@H](C)NC(=O)C(C)C)[C@H](C)O)[C@H](C)O. The molecule has 0 fully saturated rings. The molecule has 0 aliphatic carbocycles. The van der Waals surface area contributed by atoms with Gasteiger partial charge >= 0.3 is 5.97 Å². The molecule has 1 aromatic rings. The average Bonchev–Trinajstić information content (AvgIpc) is 3.70. The fourth-order valence-corrected chi connectivity index (χ4v) is 5.24. The van der Waals surface area contributed by atoms with E-state index in [1.807, 2.05) is 0 Å². The van der Waals surface area contributed by atoms with Crippen molar-refractivity contribution in [3.05, 3.63) is 18.2 Å². The molecule has 0 saturated carbocycles. The number of carboxylic acid groups (broad SMARTS) is 1. The van der Waals surface area contributed by atoms with Crippen LogP contribution in [0.1, 0.15) is 80.3 Å². The van der Waals surface area contributed by atoms with Crippen LogP contribution in [-0.4, -0.2) is 152 Å². The molecule has 0 radical (unpaired) electrons. The quantitative estimate of drug-likeness (QED) is 0.0440. The summed E-state index contributed by atoms with van der Waals surface area (Å²) in [6, 6.07) is -10.8. The van der Waals surface area contributed by atoms with Gasteiger partial charge in [0.05, 0.1) is 18.5 Å². The highest BCUT2D eigenvalue weighted by atomic mass is 16.4. The fourth-order valence-electron chi connectivity index (χ4n) is 5.24. The van der Waals surface area contributed by atoms with Gasteiger partial charge in [-0.2, -0.15) is 0 Å². The molecular formula is C37H61N11O13. The predicted octanol–water partition coefficient (Wildman–Crippen LogP) is -4.67. The lowest BCUT2D eigenvalue weighted by atomic mass is 10.0. The summed E-state index contributed by atoms with van der Waals surface area (Å²) in [6.45, 7) is 11.0. The molecule has 9 amide bonds. The van der Waals surface area contributed by atoms with Crippen LogP contribution in [0.15, 0.2) is 12.5 Å². The Labute approximate surface area is 352 Å². The average molecular weight is 868 g/mol. The highest BCUT2D eigenvalue weighted by Crippen LogP contribution is 2.07. The third kappa shape index (κ3) is 18.3. The number of carbonyl (C=O) groups is 10. The van der Waals surface area contributed by atoms with Crippen LogP contribution in [0.3, 0.4) is 0 Å². The van der Waals surface area contributed by atoms with Crippen molar-refractivity contribution in [3.63, 3.8) is 0 Å². The van der Waals surface area contributed by atoms with Gasteiger partial charge < -0.3 is 68.2 Å². The first-order chi connectivity index (χ1) is 28.4. The molecule has 342 valence electrons. The van der Waals surface area contributed by atoms with Crippen LogP contribution in [0.5, 0.6) is 0 Å². The van der Waals surface area contributed by atoms with Gasteiger partial charge in [-0.25, -0.2) is 4.98 Å². The summed E-state index contributed by atoms with van der Waals surface area (Å²) < 4.78 is 0. The second-order valence-electron chi connectivity index (χ2n) is 14.8. The Morgan fingerprint density at radius 2 is 0.967 bits per heavy atom. The smallest absolute Gasteiger partial charge is 0.303 e. The van der Waals surface area contributed by atoms with Crippen molar-refractivity contribution in [2.45, 2.75) is 142 Å². The lowest BCUT2D eigenvalue weighted by Gasteiger charge is -2.27. The van der Waals surface area contributed by atoms with Gasteiger partial charge in [0.15, 0.2) is 0 Å². The van der Waals surface area contributed by atoms with E-state index in [0.717, 1.165) is 0 Å². The summed E-state index contributed by atoms with van der Waals surface area (Å²) >= 11 is 0. The molecule has 0 saturated heterocycles. The van der Waals surface area contributed by atoms with Gasteiger partial charge in [0.1, 0.15) is 48.3 Å². The van der Waals surface area contributed by atoms with Gasteiger partial charge in [-0.3, -0.25) is 47.9 Å². The van der Waals surface area contributed by atoms with E-state index < -0.39 is 132 Å². The van der Waals surface area contributed by atoms with Crippen LogP contribution in [0, 0.1) is 5.92 Å². The van der Waals surface area contributed by atoms with Crippen molar-refractivity contribution in [1.29, 1.82) is 0 Å². The molecule has 0 unspecified atom stereocenters. The molecule has 61 heavy (non-hydrogen) atoms. The number of nitrogens with zero attached hydrogens (tertiary/aromatic N) is 1. The number of rotatable bonds is 25. The Morgan fingerprint density at radius 3 is 1.38 bits per heavy atom. The largest absolute Gasteiger partial charge is 0.481 e. The summed E-state index contributed by atoms with van der Waals surface area (Å²) in [4.78, 5) is 134. The maximum atomic E-state index is 13.8. The highest BCUT2D eigenvalue weighted by molar-refractivity contribution is 5.98. The number of aromatic nitrogens is 2. The Balaban J connectivity index is 3.14. The van der Waals surface area contributed by atoms with Gasteiger partial charge in [-0.15, -0.1) is 0 Å². The number of likely N-dealkylation sites (N-methyl/N-ethyl adjacent to an activating group) is 1. The number of aliphatic hydroxyl groups is 2. The van der Waals surface area contributed by atoms with E-state index in [1.165, 1.54) is 61.1 Å². The Hall–Kier alpha value is -6.17. The number of aromatic amines is 1. The van der Waals surface area contributed by atoms with E-state index >= 15 is 0 Å². The van der Waals surface area contributed by atoms with Crippen molar-refractivity contribution in [2.24, 2.45) is 5.92 Å². The third-order valence-corrected chi connectivity index (χ3v) is 9.03. The number of aliphatic carboxylic acids is 1. The van der Waals surface area contributed by atoms with Crippen LogP contribution in [-0.2, 0) is 54.4 Å². The van der Waals surface area contributed by atoms with E-state index in [1.54, 1.807) is 13.8 Å². The van der Waals surface area contributed by atoms with Gasteiger partial charge in [0, 0.05) is 37.7 Å². The summed E-state index contributed by atoms with van der Waals surface area (Å²) in [6.07, 6.45) is -1.09. The molecule has 0 aromatic carbocycles. The van der Waals surface area contributed by atoms with Crippen molar-refractivity contribution in [2.75, 3.05) is 7.05 Å². The molecule has 1 rings (SSSR count). The zero-order valence-electron chi connectivity index (χ0n) is 35.7. The molecule has 0 aliphatic heterocycles. The van der Waals surface area contributed by atoms with E-state index in [-0.39, 0.29) is 19.3 Å². The Kier molecular flexibility index (Phi) is 22.1. The number of aliphatic hydroxyl groups excluding tert-OH is 2. The van der Waals surface area contributed by atoms with Crippen LogP contribution in [0.25, 0.3) is 0 Å². The van der Waals surface area contributed by atoms with Crippen molar-refractivity contribution >= 4 is 59.1 Å². The molecular weight excluding hydrogens is 806 g/mol. The van der Waals surface area contributed by atoms with Gasteiger partial charge in [-0.1, -0.05) is 13.8 Å². The maximum Gasteiger partial charge on any atom is 0.303 e. The third-order valence-electron chi connectivity index (χ3n) is 9.03. The summed E-state index contributed by atoms with van der Waals surface area (Å²) in [5.41, 5.74) is 0.348. The zero-order chi connectivity index (χ0) is 46.7. The minimum atomic E-state index is -1.61. The number of carbonyl (C=O) groups excluding carboxylic acids is 9. The van der Waals surface area contributed by atoms with Crippen molar-refractivity contribution in [3.8, 4) is 0 Å². The molecule has 1 heterocycles. The maximum absolute atomic E-state index is 13.8.